The summed E-state index contributed by atoms with van der Waals surface area (Å²) in [4.78, 5) is 2.14. The summed E-state index contributed by atoms with van der Waals surface area (Å²) in [5, 5.41) is 0. The highest BCUT2D eigenvalue weighted by Gasteiger charge is 2.10. The zero-order chi connectivity index (χ0) is 13.7. The van der Waals surface area contributed by atoms with E-state index in [0.29, 0.717) is 11.8 Å². The molecule has 0 bridgehead atoms. The van der Waals surface area contributed by atoms with Gasteiger partial charge in [0.05, 0.1) is 0 Å². The molecule has 0 saturated heterocycles. The van der Waals surface area contributed by atoms with Crippen LogP contribution in [0.4, 0.5) is 0 Å². The van der Waals surface area contributed by atoms with E-state index < -0.39 is 0 Å². The molecule has 1 aromatic carbocycles. The summed E-state index contributed by atoms with van der Waals surface area (Å²) < 4.78 is 5.96. The number of nitrogens with zero attached hydrogens (tertiary/aromatic N) is 1. The van der Waals surface area contributed by atoms with Gasteiger partial charge in [-0.05, 0) is 43.1 Å². The van der Waals surface area contributed by atoms with Gasteiger partial charge in [0.25, 0.3) is 0 Å². The minimum absolute atomic E-state index is 0.501. The monoisotopic (exact) mass is 249 g/mol. The van der Waals surface area contributed by atoms with Crippen LogP contribution in [0.1, 0.15) is 50.7 Å². The summed E-state index contributed by atoms with van der Waals surface area (Å²) >= 11 is 0. The largest absolute Gasteiger partial charge is 0.492 e. The molecule has 0 aliphatic carbocycles. The number of hydrogen-bond acceptors (Lipinski definition) is 2. The van der Waals surface area contributed by atoms with Gasteiger partial charge in [0.1, 0.15) is 12.4 Å². The molecule has 2 heteroatoms. The molecule has 2 nitrogen and oxygen atoms in total. The van der Waals surface area contributed by atoms with Gasteiger partial charge in [-0.2, -0.15) is 0 Å². The minimum Gasteiger partial charge on any atom is -0.492 e. The van der Waals surface area contributed by atoms with Crippen molar-refractivity contribution in [3.05, 3.63) is 29.3 Å². The average molecular weight is 249 g/mol. The molecule has 0 radical (unpaired) electrons. The summed E-state index contributed by atoms with van der Waals surface area (Å²) in [6, 6.07) is 6.64. The topological polar surface area (TPSA) is 12.5 Å². The summed E-state index contributed by atoms with van der Waals surface area (Å²) in [5.74, 6) is 2.10. The van der Waals surface area contributed by atoms with E-state index >= 15 is 0 Å². The molecule has 0 aliphatic rings. The predicted molar refractivity (Wildman–Crippen MR) is 78.7 cm³/mol. The van der Waals surface area contributed by atoms with E-state index in [1.807, 2.05) is 0 Å². The molecule has 0 N–H and O–H groups in total. The number of ether oxygens (including phenoxy) is 1. The van der Waals surface area contributed by atoms with Crippen molar-refractivity contribution in [3.8, 4) is 5.75 Å². The third-order valence-electron chi connectivity index (χ3n) is 3.12. The molecule has 1 aromatic rings. The lowest BCUT2D eigenvalue weighted by molar-refractivity contribution is 0.258. The smallest absolute Gasteiger partial charge is 0.123 e. The number of likely N-dealkylation sites (N-methyl/N-ethyl adjacent to an activating group) is 1. The molecule has 18 heavy (non-hydrogen) atoms. The van der Waals surface area contributed by atoms with Gasteiger partial charge in [0.2, 0.25) is 0 Å². The van der Waals surface area contributed by atoms with Gasteiger partial charge in [-0.15, -0.1) is 0 Å². The first-order chi connectivity index (χ1) is 8.41. The molecule has 0 fully saturated rings. The van der Waals surface area contributed by atoms with Gasteiger partial charge in [-0.25, -0.2) is 0 Å². The Kier molecular flexibility index (Phi) is 5.67. The fourth-order valence-corrected chi connectivity index (χ4v) is 1.85. The van der Waals surface area contributed by atoms with E-state index in [0.717, 1.165) is 18.9 Å². The van der Waals surface area contributed by atoms with Crippen LogP contribution in [0.2, 0.25) is 0 Å². The molecule has 0 aliphatic heterocycles. The normalized spacial score (nSPS) is 11.6. The fraction of sp³-hybridized carbons (Fsp3) is 0.625. The highest BCUT2D eigenvalue weighted by Crippen LogP contribution is 2.30. The summed E-state index contributed by atoms with van der Waals surface area (Å²) in [7, 11) is 4.13. The number of rotatable bonds is 6. The Bertz CT molecular complexity index is 369. The van der Waals surface area contributed by atoms with Gasteiger partial charge < -0.3 is 9.64 Å². The molecule has 0 amide bonds. The van der Waals surface area contributed by atoms with E-state index in [1.54, 1.807) is 0 Å². The Morgan fingerprint density at radius 1 is 1.06 bits per heavy atom. The Hall–Kier alpha value is -1.02. The molecule has 102 valence electrons. The third-order valence-corrected chi connectivity index (χ3v) is 3.12. The van der Waals surface area contributed by atoms with Gasteiger partial charge in [-0.1, -0.05) is 39.8 Å². The summed E-state index contributed by atoms with van der Waals surface area (Å²) in [6.07, 6.45) is 0. The SMILES string of the molecule is CC(C)c1ccc(C(C)C)c(OCCN(C)C)c1. The molecule has 0 spiro atoms. The summed E-state index contributed by atoms with van der Waals surface area (Å²) in [6.45, 7) is 10.5. The number of hydrogen-bond donors (Lipinski definition) is 0. The minimum atomic E-state index is 0.501. The first-order valence-corrected chi connectivity index (χ1v) is 6.83. The quantitative estimate of drug-likeness (QED) is 0.758. The van der Waals surface area contributed by atoms with Crippen LogP contribution in [0.15, 0.2) is 18.2 Å². The molecule has 1 rings (SSSR count). The van der Waals surface area contributed by atoms with Gasteiger partial charge in [-0.3, -0.25) is 0 Å². The lowest BCUT2D eigenvalue weighted by Crippen LogP contribution is -2.19. The van der Waals surface area contributed by atoms with Crippen LogP contribution in [0, 0.1) is 0 Å². The Labute approximate surface area is 112 Å². The molecule has 0 aromatic heterocycles. The Morgan fingerprint density at radius 3 is 2.22 bits per heavy atom. The molecule has 0 unspecified atom stereocenters. The van der Waals surface area contributed by atoms with Crippen molar-refractivity contribution in [1.82, 2.24) is 4.90 Å². The van der Waals surface area contributed by atoms with E-state index in [4.69, 9.17) is 4.74 Å². The van der Waals surface area contributed by atoms with Crippen LogP contribution >= 0.6 is 0 Å². The Balaban J connectivity index is 2.86. The average Bonchev–Trinajstić information content (AvgIpc) is 2.27. The molecular formula is C16H27NO. The van der Waals surface area contributed by atoms with Gasteiger partial charge in [0.15, 0.2) is 0 Å². The van der Waals surface area contributed by atoms with Gasteiger partial charge >= 0.3 is 0 Å². The maximum atomic E-state index is 5.96. The maximum absolute atomic E-state index is 5.96. The summed E-state index contributed by atoms with van der Waals surface area (Å²) in [5.41, 5.74) is 2.65. The van der Waals surface area contributed by atoms with E-state index in [1.165, 1.54) is 11.1 Å². The zero-order valence-electron chi connectivity index (χ0n) is 12.7. The van der Waals surface area contributed by atoms with Crippen LogP contribution in [0.3, 0.4) is 0 Å². The molecule has 0 atom stereocenters. The van der Waals surface area contributed by atoms with Crippen LogP contribution in [0.25, 0.3) is 0 Å². The van der Waals surface area contributed by atoms with Crippen molar-refractivity contribution in [3.63, 3.8) is 0 Å². The van der Waals surface area contributed by atoms with E-state index in [-0.39, 0.29) is 0 Å². The van der Waals surface area contributed by atoms with E-state index in [2.05, 4.69) is 64.9 Å². The van der Waals surface area contributed by atoms with Crippen molar-refractivity contribution >= 4 is 0 Å². The Morgan fingerprint density at radius 2 is 1.72 bits per heavy atom. The van der Waals surface area contributed by atoms with Crippen molar-refractivity contribution in [2.45, 2.75) is 39.5 Å². The van der Waals surface area contributed by atoms with Crippen molar-refractivity contribution < 1.29 is 4.74 Å². The molecule has 0 heterocycles. The second-order valence-electron chi connectivity index (χ2n) is 5.76. The van der Waals surface area contributed by atoms with Crippen molar-refractivity contribution in [2.24, 2.45) is 0 Å². The first kappa shape index (κ1) is 15.0. The predicted octanol–water partition coefficient (Wildman–Crippen LogP) is 3.87. The van der Waals surface area contributed by atoms with Crippen molar-refractivity contribution in [1.29, 1.82) is 0 Å². The lowest BCUT2D eigenvalue weighted by atomic mass is 9.96. The van der Waals surface area contributed by atoms with Crippen molar-refractivity contribution in [2.75, 3.05) is 27.2 Å². The van der Waals surface area contributed by atoms with E-state index in [9.17, 15) is 0 Å². The third kappa shape index (κ3) is 4.34. The van der Waals surface area contributed by atoms with Crippen LogP contribution in [0.5, 0.6) is 5.75 Å². The molecule has 0 saturated carbocycles. The first-order valence-electron chi connectivity index (χ1n) is 6.83. The van der Waals surface area contributed by atoms with Gasteiger partial charge in [0, 0.05) is 6.54 Å². The highest BCUT2D eigenvalue weighted by atomic mass is 16.5. The maximum Gasteiger partial charge on any atom is 0.123 e. The standard InChI is InChI=1S/C16H27NO/c1-12(2)14-7-8-15(13(3)4)16(11-14)18-10-9-17(5)6/h7-8,11-13H,9-10H2,1-6H3. The lowest BCUT2D eigenvalue weighted by Gasteiger charge is -2.18. The number of benzene rings is 1. The zero-order valence-corrected chi connectivity index (χ0v) is 12.7. The molecular weight excluding hydrogens is 222 g/mol. The second kappa shape index (κ2) is 6.79. The second-order valence-corrected chi connectivity index (χ2v) is 5.76. The van der Waals surface area contributed by atoms with Crippen LogP contribution in [-0.4, -0.2) is 32.1 Å². The fourth-order valence-electron chi connectivity index (χ4n) is 1.85. The highest BCUT2D eigenvalue weighted by molar-refractivity contribution is 5.40. The van der Waals surface area contributed by atoms with Crippen LogP contribution in [-0.2, 0) is 0 Å². The van der Waals surface area contributed by atoms with Crippen LogP contribution < -0.4 is 4.74 Å².